The summed E-state index contributed by atoms with van der Waals surface area (Å²) in [5, 5.41) is 0.542. The molecule has 0 bridgehead atoms. The molecule has 4 rings (SSSR count). The predicted molar refractivity (Wildman–Crippen MR) is 124 cm³/mol. The minimum Gasteiger partial charge on any atom is -0.360 e. The van der Waals surface area contributed by atoms with Crippen molar-refractivity contribution in [3.63, 3.8) is 0 Å². The van der Waals surface area contributed by atoms with Crippen molar-refractivity contribution in [1.82, 2.24) is 9.88 Å². The zero-order chi connectivity index (χ0) is 22.9. The number of hydrogen-bond acceptors (Lipinski definition) is 4. The fourth-order valence-corrected chi connectivity index (χ4v) is 4.42. The fourth-order valence-electron chi connectivity index (χ4n) is 3.37. The Labute approximate surface area is 185 Å². The van der Waals surface area contributed by atoms with Gasteiger partial charge in [0, 0.05) is 31.2 Å². The van der Waals surface area contributed by atoms with Crippen molar-refractivity contribution < 1.29 is 18.0 Å². The molecule has 2 N–H and O–H groups in total. The van der Waals surface area contributed by atoms with Crippen molar-refractivity contribution in [3.05, 3.63) is 84.6 Å². The Bertz CT molecular complexity index is 1410. The highest BCUT2D eigenvalue weighted by molar-refractivity contribution is 7.92. The Morgan fingerprint density at radius 2 is 1.53 bits per heavy atom. The van der Waals surface area contributed by atoms with Gasteiger partial charge in [-0.1, -0.05) is 48.5 Å². The first-order chi connectivity index (χ1) is 15.3. The van der Waals surface area contributed by atoms with Gasteiger partial charge in [0.1, 0.15) is 0 Å². The van der Waals surface area contributed by atoms with Gasteiger partial charge in [0.05, 0.1) is 16.1 Å². The zero-order valence-electron chi connectivity index (χ0n) is 17.5. The van der Waals surface area contributed by atoms with E-state index in [0.717, 1.165) is 11.1 Å². The lowest BCUT2D eigenvalue weighted by atomic mass is 10.1. The number of likely N-dealkylation sites (N-methyl/N-ethyl adjacent to an activating group) is 1. The van der Waals surface area contributed by atoms with E-state index in [0.29, 0.717) is 16.6 Å². The second kappa shape index (κ2) is 8.32. The van der Waals surface area contributed by atoms with E-state index in [4.69, 9.17) is 0 Å². The zero-order valence-corrected chi connectivity index (χ0v) is 18.3. The Hall–Kier alpha value is -3.91. The van der Waals surface area contributed by atoms with Crippen LogP contribution in [0.1, 0.15) is 10.4 Å². The van der Waals surface area contributed by atoms with Gasteiger partial charge in [0.25, 0.3) is 21.7 Å². The summed E-state index contributed by atoms with van der Waals surface area (Å²) in [4.78, 5) is 28.6. The molecule has 1 amide bonds. The first kappa shape index (κ1) is 21.3. The molecular formula is C24H21N3O4S. The van der Waals surface area contributed by atoms with Crippen LogP contribution in [0.25, 0.3) is 22.0 Å². The number of H-pyrrole nitrogens is 1. The largest absolute Gasteiger partial charge is 0.360 e. The molecule has 0 aliphatic heterocycles. The molecule has 0 radical (unpaired) electrons. The van der Waals surface area contributed by atoms with Crippen LogP contribution < -0.4 is 4.72 Å². The molecule has 1 aromatic heterocycles. The van der Waals surface area contributed by atoms with Crippen LogP contribution in [-0.2, 0) is 14.8 Å². The molecule has 7 nitrogen and oxygen atoms in total. The molecule has 162 valence electrons. The number of rotatable bonds is 6. The smallest absolute Gasteiger partial charge is 0.294 e. The summed E-state index contributed by atoms with van der Waals surface area (Å²) < 4.78 is 28.2. The number of hydrogen-bond donors (Lipinski definition) is 2. The highest BCUT2D eigenvalue weighted by atomic mass is 32.2. The number of fused-ring (bicyclic) bond motifs is 1. The molecule has 0 spiro atoms. The van der Waals surface area contributed by atoms with Crippen molar-refractivity contribution in [2.45, 2.75) is 4.90 Å². The van der Waals surface area contributed by atoms with Crippen LogP contribution in [0, 0.1) is 0 Å². The Kier molecular flexibility index (Phi) is 5.54. The van der Waals surface area contributed by atoms with Gasteiger partial charge in [-0.25, -0.2) is 8.42 Å². The van der Waals surface area contributed by atoms with Gasteiger partial charge in [-0.3, -0.25) is 14.3 Å². The van der Waals surface area contributed by atoms with Crippen molar-refractivity contribution in [1.29, 1.82) is 0 Å². The van der Waals surface area contributed by atoms with E-state index in [1.807, 2.05) is 30.3 Å². The molecule has 0 aliphatic rings. The maximum absolute atomic E-state index is 12.8. The summed E-state index contributed by atoms with van der Waals surface area (Å²) in [6.07, 6.45) is 1.45. The average molecular weight is 448 g/mol. The number of anilines is 1. The van der Waals surface area contributed by atoms with Crippen molar-refractivity contribution >= 4 is 38.3 Å². The lowest BCUT2D eigenvalue weighted by molar-refractivity contribution is -0.124. The first-order valence-electron chi connectivity index (χ1n) is 9.82. The van der Waals surface area contributed by atoms with E-state index in [2.05, 4.69) is 9.71 Å². The van der Waals surface area contributed by atoms with Crippen LogP contribution in [0.15, 0.2) is 83.9 Å². The van der Waals surface area contributed by atoms with Crippen LogP contribution in [0.5, 0.6) is 0 Å². The maximum Gasteiger partial charge on any atom is 0.294 e. The molecule has 32 heavy (non-hydrogen) atoms. The van der Waals surface area contributed by atoms with E-state index >= 15 is 0 Å². The number of carbonyl (C=O) groups excluding carboxylic acids is 2. The van der Waals surface area contributed by atoms with Crippen molar-refractivity contribution in [2.24, 2.45) is 0 Å². The summed E-state index contributed by atoms with van der Waals surface area (Å²) in [6.45, 7) is 0. The van der Waals surface area contributed by atoms with Crippen molar-refractivity contribution in [2.75, 3.05) is 18.8 Å². The molecule has 0 unspecified atom stereocenters. The second-order valence-corrected chi connectivity index (χ2v) is 9.17. The van der Waals surface area contributed by atoms with Crippen LogP contribution >= 0.6 is 0 Å². The SMILES string of the molecule is CN(C)C(=O)C(=O)c1c[nH]c2cc(NS(=O)(=O)c3ccc(-c4ccccc4)cc3)ccc12. The number of Topliss-reactive ketones (excluding diaryl/α,β-unsaturated/α-hetero) is 1. The van der Waals surface area contributed by atoms with Crippen molar-refractivity contribution in [3.8, 4) is 11.1 Å². The Balaban J connectivity index is 1.57. The number of amides is 1. The highest BCUT2D eigenvalue weighted by Crippen LogP contribution is 2.26. The first-order valence-corrected chi connectivity index (χ1v) is 11.3. The highest BCUT2D eigenvalue weighted by Gasteiger charge is 2.22. The van der Waals surface area contributed by atoms with Crippen LogP contribution in [0.3, 0.4) is 0 Å². The molecular weight excluding hydrogens is 426 g/mol. The average Bonchev–Trinajstić information content (AvgIpc) is 3.21. The van der Waals surface area contributed by atoms with E-state index in [-0.39, 0.29) is 10.5 Å². The molecule has 1 heterocycles. The van der Waals surface area contributed by atoms with E-state index in [1.165, 1.54) is 25.2 Å². The normalized spacial score (nSPS) is 11.3. The summed E-state index contributed by atoms with van der Waals surface area (Å²) >= 11 is 0. The fraction of sp³-hybridized carbons (Fsp3) is 0.0833. The third kappa shape index (κ3) is 4.13. The molecule has 8 heteroatoms. The van der Waals surface area contributed by atoms with Crippen LogP contribution in [0.4, 0.5) is 5.69 Å². The Morgan fingerprint density at radius 3 is 2.19 bits per heavy atom. The molecule has 0 atom stereocenters. The lowest BCUT2D eigenvalue weighted by Crippen LogP contribution is -2.29. The predicted octanol–water partition coefficient (Wildman–Crippen LogP) is 3.91. The number of carbonyl (C=O) groups is 2. The number of nitrogens with one attached hydrogen (secondary N) is 2. The topological polar surface area (TPSA) is 99.3 Å². The van der Waals surface area contributed by atoms with Gasteiger partial charge in [0.2, 0.25) is 0 Å². The van der Waals surface area contributed by atoms with Crippen LogP contribution in [-0.4, -0.2) is 44.1 Å². The number of benzene rings is 3. The van der Waals surface area contributed by atoms with E-state index in [9.17, 15) is 18.0 Å². The number of ketones is 1. The Morgan fingerprint density at radius 1 is 0.875 bits per heavy atom. The van der Waals surface area contributed by atoms with Gasteiger partial charge in [-0.15, -0.1) is 0 Å². The number of sulfonamides is 1. The van der Waals surface area contributed by atoms with E-state index < -0.39 is 21.7 Å². The number of aromatic nitrogens is 1. The maximum atomic E-state index is 12.8. The molecule has 0 aliphatic carbocycles. The minimum absolute atomic E-state index is 0.135. The number of nitrogens with zero attached hydrogens (tertiary/aromatic N) is 1. The molecule has 0 saturated heterocycles. The summed E-state index contributed by atoms with van der Waals surface area (Å²) in [7, 11) is -0.790. The van der Waals surface area contributed by atoms with Gasteiger partial charge in [-0.05, 0) is 35.4 Å². The quantitative estimate of drug-likeness (QED) is 0.346. The van der Waals surface area contributed by atoms with Gasteiger partial charge in [0.15, 0.2) is 0 Å². The van der Waals surface area contributed by atoms with Gasteiger partial charge in [-0.2, -0.15) is 0 Å². The summed E-state index contributed by atoms with van der Waals surface area (Å²) in [5.74, 6) is -1.26. The van der Waals surface area contributed by atoms with Crippen LogP contribution in [0.2, 0.25) is 0 Å². The minimum atomic E-state index is -3.81. The third-order valence-corrected chi connectivity index (χ3v) is 6.45. The van der Waals surface area contributed by atoms with Gasteiger partial charge >= 0.3 is 0 Å². The second-order valence-electron chi connectivity index (χ2n) is 7.49. The molecule has 0 saturated carbocycles. The number of aromatic amines is 1. The third-order valence-electron chi connectivity index (χ3n) is 5.05. The summed E-state index contributed by atoms with van der Waals surface area (Å²) in [6, 6.07) is 21.1. The standard InChI is InChI=1S/C24H21N3O4S/c1-27(2)24(29)23(28)21-15-25-22-14-18(10-13-20(21)22)26-32(30,31)19-11-8-17(9-12-19)16-6-4-3-5-7-16/h3-15,25-26H,1-2H3. The molecule has 0 fully saturated rings. The monoisotopic (exact) mass is 447 g/mol. The molecule has 4 aromatic rings. The van der Waals surface area contributed by atoms with E-state index in [1.54, 1.807) is 42.5 Å². The van der Waals surface area contributed by atoms with Gasteiger partial charge < -0.3 is 9.88 Å². The molecule has 3 aromatic carbocycles. The lowest BCUT2D eigenvalue weighted by Gasteiger charge is -2.10. The summed E-state index contributed by atoms with van der Waals surface area (Å²) in [5.41, 5.74) is 3.04.